The van der Waals surface area contributed by atoms with Gasteiger partial charge in [0, 0.05) is 18.2 Å². The van der Waals surface area contributed by atoms with Crippen LogP contribution in [0.2, 0.25) is 0 Å². The maximum atomic E-state index is 12.6. The van der Waals surface area contributed by atoms with Crippen molar-refractivity contribution >= 4 is 17.7 Å². The fourth-order valence-electron chi connectivity index (χ4n) is 2.84. The number of carboxylic acids is 1. The Kier molecular flexibility index (Phi) is 3.26. The van der Waals surface area contributed by atoms with Gasteiger partial charge in [-0.05, 0) is 12.1 Å². The number of nitrogens with zero attached hydrogens (tertiary/aromatic N) is 2. The zero-order valence-corrected chi connectivity index (χ0v) is 12.5. The van der Waals surface area contributed by atoms with E-state index in [1.165, 1.54) is 11.2 Å². The number of aromatic nitrogens is 2. The van der Waals surface area contributed by atoms with Crippen molar-refractivity contribution in [3.05, 3.63) is 35.9 Å². The molecule has 1 aromatic carbocycles. The van der Waals surface area contributed by atoms with E-state index in [-0.39, 0.29) is 19.8 Å². The molecular formula is C15H14N4O5. The Morgan fingerprint density at radius 2 is 2.17 bits per heavy atom. The Bertz CT molecular complexity index is 818. The lowest BCUT2D eigenvalue weighted by Crippen LogP contribution is -2.50. The molecule has 4 rings (SSSR count). The van der Waals surface area contributed by atoms with Gasteiger partial charge in [0.25, 0.3) is 0 Å². The number of fused-ring (bicyclic) bond motifs is 2. The maximum absolute atomic E-state index is 12.6. The second-order valence-electron chi connectivity index (χ2n) is 5.51. The molecule has 3 N–H and O–H groups in total. The molecule has 1 aromatic heterocycles. The molecular weight excluding hydrogens is 316 g/mol. The van der Waals surface area contributed by atoms with E-state index in [4.69, 9.17) is 9.47 Å². The van der Waals surface area contributed by atoms with Crippen LogP contribution in [0.3, 0.4) is 0 Å². The summed E-state index contributed by atoms with van der Waals surface area (Å²) in [5, 5.41) is 12.1. The van der Waals surface area contributed by atoms with Gasteiger partial charge in [0.2, 0.25) is 6.79 Å². The lowest BCUT2D eigenvalue weighted by atomic mass is 10.0. The number of H-pyrrole nitrogens is 1. The van der Waals surface area contributed by atoms with Crippen molar-refractivity contribution in [2.75, 3.05) is 12.1 Å². The Labute approximate surface area is 136 Å². The Balaban J connectivity index is 1.55. The van der Waals surface area contributed by atoms with Crippen molar-refractivity contribution in [3.8, 4) is 11.5 Å². The number of carboxylic acid groups (broad SMARTS) is 1. The highest BCUT2D eigenvalue weighted by molar-refractivity contribution is 5.93. The summed E-state index contributed by atoms with van der Waals surface area (Å²) in [6.07, 6.45) is 1.67. The van der Waals surface area contributed by atoms with Crippen molar-refractivity contribution in [1.82, 2.24) is 14.9 Å². The third-order valence-corrected chi connectivity index (χ3v) is 4.07. The average molecular weight is 330 g/mol. The van der Waals surface area contributed by atoms with Gasteiger partial charge in [-0.25, -0.2) is 14.6 Å². The Morgan fingerprint density at radius 1 is 1.33 bits per heavy atom. The molecule has 0 bridgehead atoms. The second-order valence-corrected chi connectivity index (χ2v) is 5.51. The first-order chi connectivity index (χ1) is 11.6. The number of rotatable bonds is 2. The highest BCUT2D eigenvalue weighted by Gasteiger charge is 2.36. The molecule has 2 aromatic rings. The van der Waals surface area contributed by atoms with Crippen LogP contribution in [0.4, 0.5) is 10.5 Å². The summed E-state index contributed by atoms with van der Waals surface area (Å²) in [5.74, 6) is 0.0815. The fourth-order valence-corrected chi connectivity index (χ4v) is 2.84. The molecule has 1 unspecified atom stereocenters. The third-order valence-electron chi connectivity index (χ3n) is 4.07. The van der Waals surface area contributed by atoms with Gasteiger partial charge >= 0.3 is 12.0 Å². The minimum absolute atomic E-state index is 0.141. The first-order valence-corrected chi connectivity index (χ1v) is 7.33. The van der Waals surface area contributed by atoms with Crippen LogP contribution >= 0.6 is 0 Å². The molecule has 9 nitrogen and oxygen atoms in total. The minimum atomic E-state index is -1.07. The number of benzene rings is 1. The van der Waals surface area contributed by atoms with Crippen molar-refractivity contribution in [3.63, 3.8) is 0 Å². The number of amides is 2. The first-order valence-electron chi connectivity index (χ1n) is 7.33. The van der Waals surface area contributed by atoms with Gasteiger partial charge in [-0.15, -0.1) is 0 Å². The highest BCUT2D eigenvalue weighted by Crippen LogP contribution is 2.34. The van der Waals surface area contributed by atoms with Gasteiger partial charge in [-0.3, -0.25) is 0 Å². The van der Waals surface area contributed by atoms with Gasteiger partial charge in [-0.1, -0.05) is 0 Å². The van der Waals surface area contributed by atoms with Crippen LogP contribution in [0.15, 0.2) is 24.5 Å². The van der Waals surface area contributed by atoms with Gasteiger partial charge in [-0.2, -0.15) is 0 Å². The molecule has 2 aliphatic rings. The van der Waals surface area contributed by atoms with E-state index in [1.807, 2.05) is 0 Å². The number of carbonyl (C=O) groups is 2. The number of nitrogens with one attached hydrogen (secondary N) is 2. The van der Waals surface area contributed by atoms with E-state index < -0.39 is 18.0 Å². The van der Waals surface area contributed by atoms with Crippen LogP contribution in [-0.2, 0) is 17.8 Å². The summed E-state index contributed by atoms with van der Waals surface area (Å²) in [5.41, 5.74) is 1.92. The molecule has 0 fully saturated rings. The number of aromatic amines is 1. The zero-order chi connectivity index (χ0) is 16.7. The Morgan fingerprint density at radius 3 is 3.00 bits per heavy atom. The maximum Gasteiger partial charge on any atom is 0.326 e. The van der Waals surface area contributed by atoms with E-state index in [1.54, 1.807) is 18.2 Å². The van der Waals surface area contributed by atoms with Crippen LogP contribution in [0, 0.1) is 0 Å². The van der Waals surface area contributed by atoms with Crippen LogP contribution < -0.4 is 14.8 Å². The third kappa shape index (κ3) is 2.39. The molecule has 24 heavy (non-hydrogen) atoms. The SMILES string of the molecule is O=C(O)C1Cc2nc[nH]c2CN1C(=O)Nc1ccc2c(c1)OCO2. The largest absolute Gasteiger partial charge is 0.480 e. The summed E-state index contributed by atoms with van der Waals surface area (Å²) < 4.78 is 10.5. The summed E-state index contributed by atoms with van der Waals surface area (Å²) in [6, 6.07) is 3.54. The number of ether oxygens (including phenoxy) is 2. The topological polar surface area (TPSA) is 117 Å². The standard InChI is InChI=1S/C15H14N4O5/c20-14(21)11-4-9-10(17-6-16-9)5-19(11)15(22)18-8-1-2-12-13(3-8)24-7-23-12/h1-3,6,11H,4-5,7H2,(H,16,17)(H,18,22)(H,20,21). The van der Waals surface area contributed by atoms with E-state index in [2.05, 4.69) is 15.3 Å². The van der Waals surface area contributed by atoms with Gasteiger partial charge in [0.1, 0.15) is 6.04 Å². The molecule has 0 saturated carbocycles. The van der Waals surface area contributed by atoms with E-state index >= 15 is 0 Å². The minimum Gasteiger partial charge on any atom is -0.480 e. The van der Waals surface area contributed by atoms with Crippen LogP contribution in [0.1, 0.15) is 11.4 Å². The normalized spacial score (nSPS) is 18.2. The van der Waals surface area contributed by atoms with E-state index in [9.17, 15) is 14.7 Å². The Hall–Kier alpha value is -3.23. The number of carbonyl (C=O) groups excluding carboxylic acids is 1. The molecule has 0 aliphatic carbocycles. The van der Waals surface area contributed by atoms with Crippen molar-refractivity contribution in [1.29, 1.82) is 0 Å². The lowest BCUT2D eigenvalue weighted by molar-refractivity contribution is -0.142. The molecule has 0 spiro atoms. The number of hydrogen-bond donors (Lipinski definition) is 3. The van der Waals surface area contributed by atoms with E-state index in [0.717, 1.165) is 5.69 Å². The van der Waals surface area contributed by atoms with Crippen molar-refractivity contribution in [2.24, 2.45) is 0 Å². The second kappa shape index (κ2) is 5.44. The summed E-state index contributed by atoms with van der Waals surface area (Å²) >= 11 is 0. The molecule has 3 heterocycles. The molecule has 0 saturated heterocycles. The van der Waals surface area contributed by atoms with Crippen molar-refractivity contribution < 1.29 is 24.2 Å². The van der Waals surface area contributed by atoms with Gasteiger partial charge in [0.15, 0.2) is 11.5 Å². The van der Waals surface area contributed by atoms with Crippen molar-refractivity contribution in [2.45, 2.75) is 19.0 Å². The molecule has 9 heteroatoms. The van der Waals surface area contributed by atoms with Gasteiger partial charge in [0.05, 0.1) is 24.3 Å². The van der Waals surface area contributed by atoms with Crippen LogP contribution in [-0.4, -0.2) is 44.8 Å². The smallest absolute Gasteiger partial charge is 0.326 e. The average Bonchev–Trinajstić information content (AvgIpc) is 3.21. The zero-order valence-electron chi connectivity index (χ0n) is 12.5. The number of hydrogen-bond acceptors (Lipinski definition) is 5. The summed E-state index contributed by atoms with van der Waals surface area (Å²) in [6.45, 7) is 0.297. The fraction of sp³-hybridized carbons (Fsp3) is 0.267. The predicted octanol–water partition coefficient (Wildman–Crippen LogP) is 1.18. The van der Waals surface area contributed by atoms with Gasteiger partial charge < -0.3 is 29.8 Å². The lowest BCUT2D eigenvalue weighted by Gasteiger charge is -2.32. The number of anilines is 1. The predicted molar refractivity (Wildman–Crippen MR) is 80.8 cm³/mol. The molecule has 124 valence electrons. The number of imidazole rings is 1. The molecule has 2 aliphatic heterocycles. The summed E-state index contributed by atoms with van der Waals surface area (Å²) in [4.78, 5) is 32.4. The monoisotopic (exact) mass is 330 g/mol. The highest BCUT2D eigenvalue weighted by atomic mass is 16.7. The first kappa shape index (κ1) is 14.4. The molecule has 1 atom stereocenters. The quantitative estimate of drug-likeness (QED) is 0.761. The van der Waals surface area contributed by atoms with E-state index in [0.29, 0.717) is 22.9 Å². The summed E-state index contributed by atoms with van der Waals surface area (Å²) in [7, 11) is 0. The number of aliphatic carboxylic acids is 1. The van der Waals surface area contributed by atoms with Crippen LogP contribution in [0.25, 0.3) is 0 Å². The molecule has 2 amide bonds. The number of urea groups is 1. The molecule has 0 radical (unpaired) electrons. The van der Waals surface area contributed by atoms with Crippen LogP contribution in [0.5, 0.6) is 11.5 Å².